The van der Waals surface area contributed by atoms with Crippen LogP contribution in [0, 0.1) is 5.82 Å². The molecular formula is C117H128FN7O3. The number of allylic oxidation sites excluding steroid dienone is 3. The molecule has 1 saturated heterocycles. The Morgan fingerprint density at radius 1 is 0.391 bits per heavy atom. The molecule has 0 atom stereocenters. The topological polar surface area (TPSA) is 92.4 Å². The molecule has 8 aliphatic rings. The zero-order valence-electron chi connectivity index (χ0n) is 77.9. The molecule has 10 nitrogen and oxygen atoms in total. The Morgan fingerprint density at radius 2 is 0.820 bits per heavy atom. The van der Waals surface area contributed by atoms with Crippen LogP contribution in [0.2, 0.25) is 0 Å². The van der Waals surface area contributed by atoms with Crippen molar-refractivity contribution >= 4 is 45.7 Å². The van der Waals surface area contributed by atoms with Crippen LogP contribution in [0.15, 0.2) is 298 Å². The number of likely N-dealkylation sites (N-methyl/N-ethyl adjacent to an activating group) is 1. The molecule has 0 aromatic heterocycles. The Morgan fingerprint density at radius 3 is 1.30 bits per heavy atom. The standard InChI is InChI=1S/C24H32N2O.C20H21N.C19H21N.C18H19FN2.C18H19N.C18H16O2/c1-18(2)19-6-4-7-20(16-19)21-10-11-23(24(17-21)27-3)26-14-12-25(13-15-26)22-8-5-9-22;1-13(2)15-5-4-6-16(11-15)17-7-8-18-19(12-17)21-14(3)20(18)9-10-20;1-13(2)15-6-5-7-16(11-15)17-8-9-19-18(12-17)10-14(3)20(19)4;1-11(2)13-6-5-7-14(8-13)15-9-16(19)18-17(10-15)21(4)12(3)20-18;1-12(2)14-5-4-6-15(10-14)16-7-8-18-17(11-16)9-13(3)19-18;1-11(2)12-4-3-5-13(8-12)14-6-7-15-16(9-14)18(20)10-17(15)19/h4,6-7,10-11,16-18,22H,5,8-9,12-15H2,1-3H3;4-8,11-13,21H,3,9-10H2,1-2H3;5-9,11-13H,3,10H2,1-2,4H3;5-11,20H,3H2,1-2,4H3;4-8,10-12,19H,3,9H2,1-2H3;3-9,11H,10H2,1-2H3. The molecule has 0 bridgehead atoms. The normalized spacial score (nSPS) is 15.5. The number of methoxy groups -OCH3 is 1. The van der Waals surface area contributed by atoms with Crippen LogP contribution in [0.4, 0.5) is 38.5 Å². The number of Topliss-reactive ketones (excluding diaryl/α,β-unsaturated/α-hetero) is 2. The monoisotopic (exact) mass is 1700 g/mol. The predicted octanol–water partition coefficient (Wildman–Crippen LogP) is 29.7. The number of piperazine rings is 1. The van der Waals surface area contributed by atoms with E-state index < -0.39 is 0 Å². The van der Waals surface area contributed by atoms with Gasteiger partial charge in [-0.15, -0.1) is 0 Å². The third kappa shape index (κ3) is 20.0. The van der Waals surface area contributed by atoms with Crippen molar-refractivity contribution in [2.45, 2.75) is 181 Å². The Hall–Kier alpha value is -12.6. The largest absolute Gasteiger partial charge is 0.495 e. The second-order valence-corrected chi connectivity index (χ2v) is 37.8. The fraction of sp³-hybridized carbons (Fsp3) is 0.299. The van der Waals surface area contributed by atoms with E-state index in [4.69, 9.17) is 4.74 Å². The molecule has 12 aromatic carbocycles. The number of carbonyl (C=O) groups is 2. The van der Waals surface area contributed by atoms with Crippen molar-refractivity contribution in [3.8, 4) is 72.5 Å². The third-order valence-electron chi connectivity index (χ3n) is 27.1. The minimum atomic E-state index is -0.247. The summed E-state index contributed by atoms with van der Waals surface area (Å²) in [5, 5.41) is 9.79. The number of nitrogens with one attached hydrogen (secondary N) is 3. The molecule has 5 aliphatic heterocycles. The van der Waals surface area contributed by atoms with E-state index in [1.807, 2.05) is 54.4 Å². The molecule has 128 heavy (non-hydrogen) atoms. The van der Waals surface area contributed by atoms with E-state index in [2.05, 4.69) is 341 Å². The molecule has 3 fully saturated rings. The number of benzene rings is 12. The number of fused-ring (bicyclic) bond motifs is 6. The van der Waals surface area contributed by atoms with Crippen LogP contribution < -0.4 is 35.4 Å². The van der Waals surface area contributed by atoms with Crippen LogP contribution in [-0.2, 0) is 18.3 Å². The number of ketones is 2. The molecule has 5 heterocycles. The molecule has 3 aliphatic carbocycles. The quantitative estimate of drug-likeness (QED) is 0.0862. The smallest absolute Gasteiger partial charge is 0.171 e. The lowest BCUT2D eigenvalue weighted by Crippen LogP contribution is -2.52. The lowest BCUT2D eigenvalue weighted by atomic mass is 9.91. The summed E-state index contributed by atoms with van der Waals surface area (Å²) in [6.45, 7) is 47.3. The lowest BCUT2D eigenvalue weighted by Gasteiger charge is -2.43. The molecule has 20 rings (SSSR count). The molecule has 1 spiro atoms. The number of ether oxygens (including phenoxy) is 1. The molecule has 3 N–H and O–H groups in total. The van der Waals surface area contributed by atoms with E-state index in [-0.39, 0.29) is 29.2 Å². The van der Waals surface area contributed by atoms with Crippen molar-refractivity contribution in [1.82, 2.24) is 4.90 Å². The first kappa shape index (κ1) is 90.2. The van der Waals surface area contributed by atoms with Gasteiger partial charge in [-0.3, -0.25) is 14.5 Å². The van der Waals surface area contributed by atoms with Crippen molar-refractivity contribution in [3.05, 3.63) is 365 Å². The minimum absolute atomic E-state index is 0.0187. The first-order valence-corrected chi connectivity index (χ1v) is 46.2. The SMILES string of the molecule is C=C1Cc2cc(-c3cccc(C(C)C)c3)ccc2N1.C=C1Cc2cc(-c3cccc(C(C)C)c3)ccc2N1C.C=C1Nc2c(F)cc(-c3cccc(C(C)C)c3)cc2N1C.C=C1Nc2cc(-c3cccc(C(C)C)c3)ccc2C12CC2.CC(C)c1cccc(-c2ccc3c(c2)C(=O)CC3=O)c1.COc1cc(-c2cccc(C(C)C)c2)ccc1N1CCN(C2CCC2)CC1. The van der Waals surface area contributed by atoms with Crippen molar-refractivity contribution in [3.63, 3.8) is 0 Å². The molecule has 0 amide bonds. The summed E-state index contributed by atoms with van der Waals surface area (Å²) in [6, 6.07) is 88.9. The van der Waals surface area contributed by atoms with Crippen LogP contribution in [0.1, 0.15) is 228 Å². The Bertz CT molecular complexity index is 6180. The third-order valence-corrected chi connectivity index (χ3v) is 27.1. The van der Waals surface area contributed by atoms with Crippen molar-refractivity contribution < 1.29 is 18.7 Å². The maximum Gasteiger partial charge on any atom is 0.171 e. The zero-order chi connectivity index (χ0) is 90.5. The number of nitrogens with zero attached hydrogens (tertiary/aromatic N) is 4. The van der Waals surface area contributed by atoms with Gasteiger partial charge in [-0.1, -0.05) is 304 Å². The highest BCUT2D eigenvalue weighted by molar-refractivity contribution is 6.24. The van der Waals surface area contributed by atoms with E-state index in [0.717, 1.165) is 71.4 Å². The molecule has 2 saturated carbocycles. The van der Waals surface area contributed by atoms with Gasteiger partial charge in [-0.2, -0.15) is 0 Å². The first-order valence-electron chi connectivity index (χ1n) is 46.2. The summed E-state index contributed by atoms with van der Waals surface area (Å²) in [7, 11) is 5.76. The maximum atomic E-state index is 14.3. The van der Waals surface area contributed by atoms with Gasteiger partial charge in [0.1, 0.15) is 17.4 Å². The van der Waals surface area contributed by atoms with Gasteiger partial charge in [0, 0.05) is 110 Å². The second kappa shape index (κ2) is 38.9. The fourth-order valence-electron chi connectivity index (χ4n) is 18.4. The van der Waals surface area contributed by atoms with Crippen molar-refractivity contribution in [1.29, 1.82) is 0 Å². The van der Waals surface area contributed by atoms with E-state index >= 15 is 0 Å². The number of halogens is 1. The van der Waals surface area contributed by atoms with Gasteiger partial charge in [-0.05, 0) is 239 Å². The summed E-state index contributed by atoms with van der Waals surface area (Å²) in [4.78, 5) is 32.7. The van der Waals surface area contributed by atoms with Crippen LogP contribution in [0.25, 0.3) is 66.8 Å². The number of rotatable bonds is 15. The van der Waals surface area contributed by atoms with Gasteiger partial charge >= 0.3 is 0 Å². The predicted molar refractivity (Wildman–Crippen MR) is 540 cm³/mol. The second-order valence-electron chi connectivity index (χ2n) is 37.8. The molecule has 11 heteroatoms. The Labute approximate surface area is 761 Å². The molecular weight excluding hydrogens is 1570 g/mol. The number of hydrogen-bond donors (Lipinski definition) is 3. The fourth-order valence-corrected chi connectivity index (χ4v) is 18.4. The zero-order valence-corrected chi connectivity index (χ0v) is 77.9. The van der Waals surface area contributed by atoms with E-state index in [0.29, 0.717) is 58.1 Å². The van der Waals surface area contributed by atoms with Crippen LogP contribution >= 0.6 is 0 Å². The molecule has 656 valence electrons. The number of anilines is 6. The highest BCUT2D eigenvalue weighted by Crippen LogP contribution is 2.60. The van der Waals surface area contributed by atoms with Crippen LogP contribution in [0.5, 0.6) is 5.75 Å². The van der Waals surface area contributed by atoms with Gasteiger partial charge in [0.15, 0.2) is 11.6 Å². The summed E-state index contributed by atoms with van der Waals surface area (Å²) in [5.74, 6) is 4.45. The average Bonchev–Trinajstić information content (AvgIpc) is 1.55. The van der Waals surface area contributed by atoms with Gasteiger partial charge in [0.2, 0.25) is 0 Å². The van der Waals surface area contributed by atoms with Crippen LogP contribution in [0.3, 0.4) is 0 Å². The lowest BCUT2D eigenvalue weighted by molar-refractivity contribution is 0.0922. The van der Waals surface area contributed by atoms with E-state index in [9.17, 15) is 14.0 Å². The van der Waals surface area contributed by atoms with Gasteiger partial charge in [-0.25, -0.2) is 4.39 Å². The van der Waals surface area contributed by atoms with E-state index in [1.165, 1.54) is 174 Å². The van der Waals surface area contributed by atoms with Gasteiger partial charge in [0.05, 0.1) is 30.6 Å². The number of hydrogen-bond acceptors (Lipinski definition) is 10. The van der Waals surface area contributed by atoms with Gasteiger partial charge < -0.3 is 35.4 Å². The van der Waals surface area contributed by atoms with E-state index in [1.54, 1.807) is 19.2 Å². The summed E-state index contributed by atoms with van der Waals surface area (Å²) >= 11 is 0. The maximum absolute atomic E-state index is 14.3. The van der Waals surface area contributed by atoms with Crippen LogP contribution in [-0.4, -0.2) is 69.9 Å². The molecule has 0 unspecified atom stereocenters. The average molecular weight is 1700 g/mol. The highest BCUT2D eigenvalue weighted by atomic mass is 19.1. The Balaban J connectivity index is 0.000000119. The summed E-state index contributed by atoms with van der Waals surface area (Å²) in [5.41, 5.74) is 37.7. The highest BCUT2D eigenvalue weighted by Gasteiger charge is 2.52. The summed E-state index contributed by atoms with van der Waals surface area (Å²) in [6.07, 6.45) is 8.61. The summed E-state index contributed by atoms with van der Waals surface area (Å²) < 4.78 is 20.1. The molecule has 0 radical (unpaired) electrons. The van der Waals surface area contributed by atoms with Crippen molar-refractivity contribution in [2.24, 2.45) is 0 Å². The Kier molecular flexibility index (Phi) is 27.5. The number of carbonyl (C=O) groups excluding carboxylic acids is 2. The minimum Gasteiger partial charge on any atom is -0.495 e. The van der Waals surface area contributed by atoms with Crippen molar-refractivity contribution in [2.75, 3.05) is 78.0 Å². The first-order chi connectivity index (χ1) is 61.5. The molecule has 12 aromatic rings. The van der Waals surface area contributed by atoms with Gasteiger partial charge in [0.25, 0.3) is 0 Å².